The molecule has 0 heterocycles. The van der Waals surface area contributed by atoms with Crippen LogP contribution in [0.2, 0.25) is 0 Å². The van der Waals surface area contributed by atoms with Gasteiger partial charge in [-0.25, -0.2) is 0 Å². The van der Waals surface area contributed by atoms with Gasteiger partial charge >= 0.3 is 86.2 Å². The first-order valence-electron chi connectivity index (χ1n) is 4.17. The van der Waals surface area contributed by atoms with E-state index in [1.807, 2.05) is 37.3 Å². The van der Waals surface area contributed by atoms with E-state index in [0.29, 0.717) is 0 Å². The molecule has 0 aliphatic carbocycles. The van der Waals surface area contributed by atoms with E-state index < -0.39 is 0 Å². The first kappa shape index (κ1) is 10.6. The molecule has 0 fully saturated rings. The summed E-state index contributed by atoms with van der Waals surface area (Å²) in [5.41, 5.74) is 1.10. The van der Waals surface area contributed by atoms with Gasteiger partial charge in [-0.3, -0.25) is 0 Å². The molecule has 0 aliphatic rings. The molecule has 1 rings (SSSR count). The van der Waals surface area contributed by atoms with Crippen LogP contribution in [0, 0.1) is 0 Å². The van der Waals surface area contributed by atoms with Crippen LogP contribution in [-0.4, -0.2) is 16.2 Å². The fraction of sp³-hybridized carbons (Fsp3) is 0.300. The van der Waals surface area contributed by atoms with Crippen molar-refractivity contribution in [2.45, 2.75) is 13.0 Å². The molecule has 0 unspecified atom stereocenters. The SMILES string of the molecule is C[C](=[Cr])N[C@H](CO)c1ccccc1. The molecule has 0 saturated heterocycles. The maximum atomic E-state index is 9.14. The molecule has 0 aromatic heterocycles. The minimum absolute atomic E-state index is 0.0116. The molecule has 2 nitrogen and oxygen atoms in total. The van der Waals surface area contributed by atoms with Crippen LogP contribution in [0.5, 0.6) is 0 Å². The monoisotopic (exact) mass is 215 g/mol. The van der Waals surface area contributed by atoms with Crippen LogP contribution >= 0.6 is 0 Å². The fourth-order valence-electron chi connectivity index (χ4n) is 1.17. The summed E-state index contributed by atoms with van der Waals surface area (Å²) < 4.78 is 0.989. The van der Waals surface area contributed by atoms with E-state index in [-0.39, 0.29) is 12.6 Å². The third-order valence-electron chi connectivity index (χ3n) is 1.76. The zero-order chi connectivity index (χ0) is 9.68. The Morgan fingerprint density at radius 3 is 2.54 bits per heavy atom. The summed E-state index contributed by atoms with van der Waals surface area (Å²) in [6.07, 6.45) is 0. The Morgan fingerprint density at radius 2 is 2.08 bits per heavy atom. The number of rotatable bonds is 4. The maximum absolute atomic E-state index is 9.14. The Morgan fingerprint density at radius 1 is 1.46 bits per heavy atom. The molecule has 1 aromatic rings. The second-order valence-corrected chi connectivity index (χ2v) is 3.80. The van der Waals surface area contributed by atoms with Crippen LogP contribution in [0.3, 0.4) is 0 Å². The summed E-state index contributed by atoms with van der Waals surface area (Å²) >= 11 is 2.87. The number of aliphatic hydroxyl groups is 1. The van der Waals surface area contributed by atoms with Gasteiger partial charge in [-0.2, -0.15) is 0 Å². The van der Waals surface area contributed by atoms with Crippen LogP contribution in [0.15, 0.2) is 30.3 Å². The van der Waals surface area contributed by atoms with Crippen molar-refractivity contribution < 1.29 is 21.0 Å². The molecule has 0 saturated carbocycles. The molecule has 2 N–H and O–H groups in total. The van der Waals surface area contributed by atoms with Crippen LogP contribution in [-0.2, 0) is 15.9 Å². The Labute approximate surface area is 86.6 Å². The third kappa shape index (κ3) is 3.42. The molecule has 3 heteroatoms. The molecule has 1 atom stereocenters. The molecule has 13 heavy (non-hydrogen) atoms. The average Bonchev–Trinajstić information content (AvgIpc) is 2.15. The number of hydrogen-bond donors (Lipinski definition) is 2. The number of hydrogen-bond acceptors (Lipinski definition) is 2. The first-order valence-corrected chi connectivity index (χ1v) is 4.80. The van der Waals surface area contributed by atoms with Crippen molar-refractivity contribution in [2.75, 3.05) is 6.61 Å². The van der Waals surface area contributed by atoms with E-state index in [1.54, 1.807) is 0 Å². The number of benzene rings is 1. The molecule has 0 radical (unpaired) electrons. The van der Waals surface area contributed by atoms with Crippen LogP contribution in [0.4, 0.5) is 0 Å². The van der Waals surface area contributed by atoms with Gasteiger partial charge in [-0.15, -0.1) is 0 Å². The zero-order valence-electron chi connectivity index (χ0n) is 7.53. The van der Waals surface area contributed by atoms with Crippen molar-refractivity contribution in [1.29, 1.82) is 0 Å². The van der Waals surface area contributed by atoms with Gasteiger partial charge in [0.15, 0.2) is 0 Å². The molecule has 70 valence electrons. The predicted molar refractivity (Wildman–Crippen MR) is 50.1 cm³/mol. The molecule has 0 aliphatic heterocycles. The van der Waals surface area contributed by atoms with Gasteiger partial charge in [0, 0.05) is 0 Å². The van der Waals surface area contributed by atoms with E-state index in [9.17, 15) is 0 Å². The second kappa shape index (κ2) is 5.31. The predicted octanol–water partition coefficient (Wildman–Crippen LogP) is 1.01. The zero-order valence-corrected chi connectivity index (χ0v) is 8.80. The summed E-state index contributed by atoms with van der Waals surface area (Å²) in [6, 6.07) is 9.88. The number of nitrogens with one attached hydrogen (secondary N) is 1. The van der Waals surface area contributed by atoms with Crippen molar-refractivity contribution in [2.24, 2.45) is 0 Å². The Bertz CT molecular complexity index is 274. The van der Waals surface area contributed by atoms with E-state index >= 15 is 0 Å². The summed E-state index contributed by atoms with van der Waals surface area (Å²) in [6.45, 7) is 2.04. The van der Waals surface area contributed by atoms with Crippen molar-refractivity contribution in [3.8, 4) is 0 Å². The second-order valence-electron chi connectivity index (χ2n) is 2.85. The van der Waals surface area contributed by atoms with Gasteiger partial charge in [0.25, 0.3) is 0 Å². The molecular weight excluding hydrogens is 202 g/mol. The molecule has 0 spiro atoms. The quantitative estimate of drug-likeness (QED) is 0.785. The number of aliphatic hydroxyl groups excluding tert-OH is 1. The average molecular weight is 215 g/mol. The van der Waals surface area contributed by atoms with Gasteiger partial charge in [0.1, 0.15) is 0 Å². The minimum atomic E-state index is -0.0116. The van der Waals surface area contributed by atoms with Gasteiger partial charge < -0.3 is 0 Å². The summed E-state index contributed by atoms with van der Waals surface area (Å²) in [5.74, 6) is 0. The van der Waals surface area contributed by atoms with E-state index in [2.05, 4.69) is 21.2 Å². The van der Waals surface area contributed by atoms with Gasteiger partial charge in [-0.1, -0.05) is 0 Å². The fourth-order valence-corrected chi connectivity index (χ4v) is 1.39. The molecule has 0 amide bonds. The van der Waals surface area contributed by atoms with E-state index in [1.165, 1.54) is 0 Å². The van der Waals surface area contributed by atoms with Crippen molar-refractivity contribution >= 4 is 4.50 Å². The van der Waals surface area contributed by atoms with Gasteiger partial charge in [0.2, 0.25) is 0 Å². The normalized spacial score (nSPS) is 12.5. The van der Waals surface area contributed by atoms with Crippen LogP contribution in [0.1, 0.15) is 18.5 Å². The Hall–Kier alpha value is -0.458. The Balaban J connectivity index is 2.73. The molecule has 0 bridgehead atoms. The van der Waals surface area contributed by atoms with Crippen molar-refractivity contribution in [1.82, 2.24) is 5.32 Å². The summed E-state index contributed by atoms with van der Waals surface area (Å²) in [4.78, 5) is 0. The standard InChI is InChI=1S/C10H13NO.Cr/c1-2-11-10(8-12)9-6-4-3-5-7-9;/h3-7,10-12H,8H2,1H3;/t10-;/m1./s1. The van der Waals surface area contributed by atoms with Crippen molar-refractivity contribution in [3.05, 3.63) is 35.9 Å². The topological polar surface area (TPSA) is 32.3 Å². The van der Waals surface area contributed by atoms with Crippen LogP contribution < -0.4 is 5.32 Å². The molecule has 1 aromatic carbocycles. The molecular formula is C10H13CrNO. The van der Waals surface area contributed by atoms with E-state index in [4.69, 9.17) is 5.11 Å². The summed E-state index contributed by atoms with van der Waals surface area (Å²) in [7, 11) is 0. The summed E-state index contributed by atoms with van der Waals surface area (Å²) in [5, 5.41) is 12.3. The van der Waals surface area contributed by atoms with Crippen molar-refractivity contribution in [3.63, 3.8) is 0 Å². The van der Waals surface area contributed by atoms with Gasteiger partial charge in [0.05, 0.1) is 0 Å². The van der Waals surface area contributed by atoms with Gasteiger partial charge in [-0.05, 0) is 0 Å². The first-order chi connectivity index (χ1) is 6.24. The van der Waals surface area contributed by atoms with E-state index in [0.717, 1.165) is 10.1 Å². The Kier molecular flexibility index (Phi) is 4.34. The third-order valence-corrected chi connectivity index (χ3v) is 1.95. The van der Waals surface area contributed by atoms with Crippen LogP contribution in [0.25, 0.3) is 0 Å².